The Balaban J connectivity index is 2.85. The van der Waals surface area contributed by atoms with E-state index in [-0.39, 0.29) is 11.8 Å². The lowest BCUT2D eigenvalue weighted by atomic mass is 10.2. The monoisotopic (exact) mass is 277 g/mol. The number of nitrogens with zero attached hydrogens (tertiary/aromatic N) is 2. The molecule has 1 rings (SSSR count). The fourth-order valence-corrected chi connectivity index (χ4v) is 1.76. The second-order valence-corrected chi connectivity index (χ2v) is 5.01. The Kier molecular flexibility index (Phi) is 6.15. The number of carbonyl (C=O) groups is 2. The first-order valence-electron chi connectivity index (χ1n) is 7.03. The van der Waals surface area contributed by atoms with E-state index in [4.69, 9.17) is 0 Å². The Morgan fingerprint density at radius 1 is 1.30 bits per heavy atom. The maximum Gasteiger partial charge on any atom is 0.272 e. The van der Waals surface area contributed by atoms with Crippen molar-refractivity contribution >= 4 is 11.8 Å². The van der Waals surface area contributed by atoms with Crippen LogP contribution in [-0.4, -0.2) is 41.3 Å². The number of rotatable bonds is 6. The first-order valence-corrected chi connectivity index (χ1v) is 7.03. The van der Waals surface area contributed by atoms with Crippen LogP contribution in [0.1, 0.15) is 48.5 Å². The number of aromatic nitrogens is 1. The van der Waals surface area contributed by atoms with E-state index in [9.17, 15) is 9.59 Å². The molecule has 1 aromatic heterocycles. The summed E-state index contributed by atoms with van der Waals surface area (Å²) in [5.74, 6) is 0.0702. The molecule has 0 bridgehead atoms. The number of amides is 2. The van der Waals surface area contributed by atoms with Crippen LogP contribution in [0.3, 0.4) is 0 Å². The molecule has 0 aliphatic carbocycles. The van der Waals surface area contributed by atoms with E-state index in [1.54, 1.807) is 17.0 Å². The summed E-state index contributed by atoms with van der Waals surface area (Å²) in [5.41, 5.74) is 0.780. The highest BCUT2D eigenvalue weighted by Crippen LogP contribution is 2.06. The molecule has 5 nitrogen and oxygen atoms in total. The van der Waals surface area contributed by atoms with Crippen molar-refractivity contribution < 1.29 is 9.59 Å². The van der Waals surface area contributed by atoms with Gasteiger partial charge in [0.05, 0.1) is 0 Å². The number of carbonyl (C=O) groups excluding carboxylic acids is 2. The average Bonchev–Trinajstić information content (AvgIpc) is 2.46. The highest BCUT2D eigenvalue weighted by Gasteiger charge is 2.16. The number of hydrogen-bond acceptors (Lipinski definition) is 3. The summed E-state index contributed by atoms with van der Waals surface area (Å²) in [6.07, 6.45) is 1.50. The fraction of sp³-hybridized carbons (Fsp3) is 0.533. The van der Waals surface area contributed by atoms with Crippen molar-refractivity contribution in [2.75, 3.05) is 19.6 Å². The third kappa shape index (κ3) is 4.33. The molecule has 0 fully saturated rings. The van der Waals surface area contributed by atoms with Crippen molar-refractivity contribution in [3.05, 3.63) is 29.6 Å². The summed E-state index contributed by atoms with van der Waals surface area (Å²) >= 11 is 0. The van der Waals surface area contributed by atoms with Gasteiger partial charge >= 0.3 is 0 Å². The summed E-state index contributed by atoms with van der Waals surface area (Å²) in [5, 5.41) is 2.83. The van der Waals surface area contributed by atoms with E-state index >= 15 is 0 Å². The quantitative estimate of drug-likeness (QED) is 0.864. The fourth-order valence-electron chi connectivity index (χ4n) is 1.76. The molecule has 0 aromatic carbocycles. The van der Waals surface area contributed by atoms with Crippen molar-refractivity contribution in [3.63, 3.8) is 0 Å². The lowest BCUT2D eigenvalue weighted by molar-refractivity contribution is 0.0767. The minimum atomic E-state index is -0.172. The third-order valence-electron chi connectivity index (χ3n) is 2.96. The van der Waals surface area contributed by atoms with E-state index in [1.807, 2.05) is 27.7 Å². The SMILES string of the molecule is CCN(CC)C(=O)c1cc(C(=O)NCC(C)C)ccn1. The molecule has 1 aromatic rings. The standard InChI is InChI=1S/C15H23N3O2/c1-5-18(6-2)15(20)13-9-12(7-8-16-13)14(19)17-10-11(3)4/h7-9,11H,5-6,10H2,1-4H3,(H,17,19). The molecule has 5 heteroatoms. The lowest BCUT2D eigenvalue weighted by Crippen LogP contribution is -2.32. The van der Waals surface area contributed by atoms with Gasteiger partial charge in [-0.1, -0.05) is 13.8 Å². The minimum Gasteiger partial charge on any atom is -0.352 e. The molecule has 0 saturated carbocycles. The van der Waals surface area contributed by atoms with Crippen LogP contribution in [0.2, 0.25) is 0 Å². The molecule has 0 spiro atoms. The molecular formula is C15H23N3O2. The molecule has 0 atom stereocenters. The topological polar surface area (TPSA) is 62.3 Å². The van der Waals surface area contributed by atoms with Crippen LogP contribution in [0.25, 0.3) is 0 Å². The van der Waals surface area contributed by atoms with Crippen molar-refractivity contribution in [2.24, 2.45) is 5.92 Å². The van der Waals surface area contributed by atoms with E-state index in [0.717, 1.165) is 0 Å². The minimum absolute atomic E-state index is 0.145. The molecule has 1 heterocycles. The first-order chi connectivity index (χ1) is 9.49. The van der Waals surface area contributed by atoms with Crippen molar-refractivity contribution in [2.45, 2.75) is 27.7 Å². The van der Waals surface area contributed by atoms with E-state index in [1.165, 1.54) is 6.20 Å². The van der Waals surface area contributed by atoms with E-state index in [2.05, 4.69) is 10.3 Å². The van der Waals surface area contributed by atoms with Gasteiger partial charge in [-0.25, -0.2) is 0 Å². The average molecular weight is 277 g/mol. The van der Waals surface area contributed by atoms with Gasteiger partial charge in [0.25, 0.3) is 11.8 Å². The number of pyridine rings is 1. The predicted molar refractivity (Wildman–Crippen MR) is 78.7 cm³/mol. The number of hydrogen-bond donors (Lipinski definition) is 1. The molecule has 20 heavy (non-hydrogen) atoms. The van der Waals surface area contributed by atoms with Crippen LogP contribution >= 0.6 is 0 Å². The molecule has 0 unspecified atom stereocenters. The van der Waals surface area contributed by atoms with Crippen molar-refractivity contribution in [3.8, 4) is 0 Å². The summed E-state index contributed by atoms with van der Waals surface area (Å²) in [6, 6.07) is 3.17. The van der Waals surface area contributed by atoms with Gasteiger partial charge in [0, 0.05) is 31.4 Å². The van der Waals surface area contributed by atoms with Gasteiger partial charge in [0.1, 0.15) is 5.69 Å². The molecule has 0 aliphatic heterocycles. The maximum atomic E-state index is 12.2. The van der Waals surface area contributed by atoms with Gasteiger partial charge in [-0.3, -0.25) is 14.6 Å². The highest BCUT2D eigenvalue weighted by molar-refractivity contribution is 5.98. The maximum absolute atomic E-state index is 12.2. The molecule has 0 saturated heterocycles. The number of nitrogens with one attached hydrogen (secondary N) is 1. The largest absolute Gasteiger partial charge is 0.352 e. The highest BCUT2D eigenvalue weighted by atomic mass is 16.2. The Morgan fingerprint density at radius 2 is 1.95 bits per heavy atom. The predicted octanol–water partition coefficient (Wildman–Crippen LogP) is 1.95. The van der Waals surface area contributed by atoms with E-state index < -0.39 is 0 Å². The molecule has 0 aliphatic rings. The Labute approximate surface area is 120 Å². The van der Waals surface area contributed by atoms with E-state index in [0.29, 0.717) is 36.8 Å². The second-order valence-electron chi connectivity index (χ2n) is 5.01. The Bertz CT molecular complexity index is 468. The van der Waals surface area contributed by atoms with Crippen LogP contribution in [0.4, 0.5) is 0 Å². The normalized spacial score (nSPS) is 10.4. The van der Waals surface area contributed by atoms with Gasteiger partial charge in [-0.15, -0.1) is 0 Å². The van der Waals surface area contributed by atoms with Crippen LogP contribution in [0.5, 0.6) is 0 Å². The summed E-state index contributed by atoms with van der Waals surface area (Å²) < 4.78 is 0. The van der Waals surface area contributed by atoms with Crippen molar-refractivity contribution in [1.82, 2.24) is 15.2 Å². The molecular weight excluding hydrogens is 254 g/mol. The lowest BCUT2D eigenvalue weighted by Gasteiger charge is -2.18. The van der Waals surface area contributed by atoms with Gasteiger partial charge in [-0.05, 0) is 31.9 Å². The van der Waals surface area contributed by atoms with Gasteiger partial charge < -0.3 is 10.2 Å². The summed E-state index contributed by atoms with van der Waals surface area (Å²) in [6.45, 7) is 9.76. The third-order valence-corrected chi connectivity index (χ3v) is 2.96. The summed E-state index contributed by atoms with van der Waals surface area (Å²) in [4.78, 5) is 29.9. The van der Waals surface area contributed by atoms with Gasteiger partial charge in [0.15, 0.2) is 0 Å². The van der Waals surface area contributed by atoms with Crippen LogP contribution in [0, 0.1) is 5.92 Å². The molecule has 2 amide bonds. The Hall–Kier alpha value is -1.91. The Morgan fingerprint density at radius 3 is 2.50 bits per heavy atom. The van der Waals surface area contributed by atoms with Crippen LogP contribution in [0.15, 0.2) is 18.3 Å². The second kappa shape index (κ2) is 7.62. The molecule has 110 valence electrons. The van der Waals surface area contributed by atoms with Gasteiger partial charge in [-0.2, -0.15) is 0 Å². The zero-order valence-corrected chi connectivity index (χ0v) is 12.6. The molecule has 0 radical (unpaired) electrons. The molecule has 1 N–H and O–H groups in total. The summed E-state index contributed by atoms with van der Waals surface area (Å²) in [7, 11) is 0. The zero-order valence-electron chi connectivity index (χ0n) is 12.6. The van der Waals surface area contributed by atoms with Crippen LogP contribution < -0.4 is 5.32 Å². The zero-order chi connectivity index (χ0) is 15.1. The smallest absolute Gasteiger partial charge is 0.272 e. The van der Waals surface area contributed by atoms with Gasteiger partial charge in [0.2, 0.25) is 0 Å². The van der Waals surface area contributed by atoms with Crippen LogP contribution in [-0.2, 0) is 0 Å². The van der Waals surface area contributed by atoms with Crippen molar-refractivity contribution in [1.29, 1.82) is 0 Å². The first kappa shape index (κ1) is 16.1.